The van der Waals surface area contributed by atoms with E-state index >= 15 is 0 Å². The van der Waals surface area contributed by atoms with Crippen LogP contribution in [-0.2, 0) is 17.4 Å². The van der Waals surface area contributed by atoms with Crippen molar-refractivity contribution in [3.63, 3.8) is 0 Å². The largest absolute Gasteiger partial charge is 0.481 e. The van der Waals surface area contributed by atoms with E-state index in [9.17, 15) is 22.4 Å². The summed E-state index contributed by atoms with van der Waals surface area (Å²) in [6.07, 6.45) is -4.72. The lowest BCUT2D eigenvalue weighted by molar-refractivity contribution is -0.138. The van der Waals surface area contributed by atoms with E-state index in [1.54, 1.807) is 12.1 Å². The Morgan fingerprint density at radius 3 is 2.32 bits per heavy atom. The lowest BCUT2D eigenvalue weighted by Crippen LogP contribution is -2.09. The molecule has 3 aromatic rings. The molecule has 0 unspecified atom stereocenters. The van der Waals surface area contributed by atoms with Crippen LogP contribution in [0.25, 0.3) is 16.9 Å². The normalized spacial score (nSPS) is 11.6. The average molecular weight is 412 g/mol. The summed E-state index contributed by atoms with van der Waals surface area (Å²) < 4.78 is 54.6. The molecule has 1 aromatic heterocycles. The van der Waals surface area contributed by atoms with Crippen molar-refractivity contribution in [3.8, 4) is 16.9 Å². The topological polar surface area (TPSA) is 42.2 Å². The summed E-state index contributed by atoms with van der Waals surface area (Å²) >= 11 is 5.71. The van der Waals surface area contributed by atoms with Crippen molar-refractivity contribution in [1.82, 2.24) is 4.57 Å². The molecular formula is C20H14ClF4NO2. The number of carbonyl (C=O) groups is 1. The number of hydrogen-bond acceptors (Lipinski definition) is 1. The van der Waals surface area contributed by atoms with E-state index in [1.165, 1.54) is 34.9 Å². The number of benzene rings is 2. The van der Waals surface area contributed by atoms with Gasteiger partial charge in [-0.25, -0.2) is 4.39 Å². The molecule has 0 bridgehead atoms. The maximum atomic E-state index is 13.3. The number of halogens is 5. The van der Waals surface area contributed by atoms with Crippen molar-refractivity contribution in [3.05, 3.63) is 76.7 Å². The highest BCUT2D eigenvalue weighted by atomic mass is 35.5. The molecule has 0 atom stereocenters. The quantitative estimate of drug-likeness (QED) is 0.525. The first-order valence-electron chi connectivity index (χ1n) is 8.22. The highest BCUT2D eigenvalue weighted by Crippen LogP contribution is 2.37. The first kappa shape index (κ1) is 19.9. The maximum Gasteiger partial charge on any atom is 0.417 e. The summed E-state index contributed by atoms with van der Waals surface area (Å²) in [4.78, 5) is 10.9. The van der Waals surface area contributed by atoms with Crippen molar-refractivity contribution < 1.29 is 27.5 Å². The van der Waals surface area contributed by atoms with Crippen molar-refractivity contribution >= 4 is 17.6 Å². The van der Waals surface area contributed by atoms with Crippen LogP contribution >= 0.6 is 11.6 Å². The minimum absolute atomic E-state index is 0.112. The van der Waals surface area contributed by atoms with E-state index in [-0.39, 0.29) is 18.5 Å². The number of aliphatic carboxylic acids is 1. The second-order valence-electron chi connectivity index (χ2n) is 6.11. The zero-order valence-corrected chi connectivity index (χ0v) is 15.1. The molecule has 3 nitrogen and oxygen atoms in total. The number of carboxylic acid groups (broad SMARTS) is 1. The molecular weight excluding hydrogens is 398 g/mol. The van der Waals surface area contributed by atoms with E-state index in [0.29, 0.717) is 17.0 Å². The number of aryl methyl sites for hydroxylation is 1. The van der Waals surface area contributed by atoms with Crippen molar-refractivity contribution in [2.75, 3.05) is 0 Å². The standard InChI is InChI=1S/C20H14ClF4NO2/c21-17-8-5-15(11-16(17)20(23,24)25)26-14(7-10-19(27)28)6-9-18(26)12-1-3-13(22)4-2-12/h1-6,8-9,11H,7,10H2,(H,27,28). The smallest absolute Gasteiger partial charge is 0.417 e. The third kappa shape index (κ3) is 4.20. The van der Waals surface area contributed by atoms with Crippen LogP contribution in [0, 0.1) is 5.82 Å². The fourth-order valence-corrected chi connectivity index (χ4v) is 3.15. The summed E-state index contributed by atoms with van der Waals surface area (Å²) in [7, 11) is 0. The van der Waals surface area contributed by atoms with Gasteiger partial charge in [-0.3, -0.25) is 4.79 Å². The third-order valence-electron chi connectivity index (χ3n) is 4.21. The summed E-state index contributed by atoms with van der Waals surface area (Å²) in [6, 6.07) is 12.3. The fourth-order valence-electron chi connectivity index (χ4n) is 2.93. The number of nitrogens with zero attached hydrogens (tertiary/aromatic N) is 1. The summed E-state index contributed by atoms with van der Waals surface area (Å²) in [5.74, 6) is -1.47. The lowest BCUT2D eigenvalue weighted by atomic mass is 10.1. The predicted molar refractivity (Wildman–Crippen MR) is 97.1 cm³/mol. The van der Waals surface area contributed by atoms with Gasteiger partial charge in [0, 0.05) is 11.4 Å². The van der Waals surface area contributed by atoms with E-state index < -0.39 is 28.5 Å². The van der Waals surface area contributed by atoms with Gasteiger partial charge in [0.15, 0.2) is 0 Å². The minimum Gasteiger partial charge on any atom is -0.481 e. The average Bonchev–Trinajstić information content (AvgIpc) is 3.04. The second kappa shape index (κ2) is 7.67. The van der Waals surface area contributed by atoms with Gasteiger partial charge in [0.05, 0.1) is 22.7 Å². The van der Waals surface area contributed by atoms with Gasteiger partial charge < -0.3 is 9.67 Å². The van der Waals surface area contributed by atoms with Gasteiger partial charge >= 0.3 is 12.1 Å². The van der Waals surface area contributed by atoms with Crippen LogP contribution in [0.3, 0.4) is 0 Å². The Morgan fingerprint density at radius 2 is 1.71 bits per heavy atom. The fraction of sp³-hybridized carbons (Fsp3) is 0.150. The highest BCUT2D eigenvalue weighted by Gasteiger charge is 2.33. The molecule has 1 heterocycles. The predicted octanol–water partition coefficient (Wildman–Crippen LogP) is 5.97. The zero-order chi connectivity index (χ0) is 20.5. The Kier molecular flexibility index (Phi) is 5.47. The number of carboxylic acids is 1. The van der Waals surface area contributed by atoms with Crippen LogP contribution in [0.2, 0.25) is 5.02 Å². The van der Waals surface area contributed by atoms with Crippen LogP contribution in [0.4, 0.5) is 17.6 Å². The molecule has 0 saturated heterocycles. The van der Waals surface area contributed by atoms with Gasteiger partial charge in [0.1, 0.15) is 5.82 Å². The van der Waals surface area contributed by atoms with E-state index in [2.05, 4.69) is 0 Å². The van der Waals surface area contributed by atoms with Crippen LogP contribution in [0.1, 0.15) is 17.7 Å². The lowest BCUT2D eigenvalue weighted by Gasteiger charge is -2.17. The molecule has 0 radical (unpaired) electrons. The SMILES string of the molecule is O=C(O)CCc1ccc(-c2ccc(F)cc2)n1-c1ccc(Cl)c(C(F)(F)F)c1. The first-order valence-corrected chi connectivity index (χ1v) is 8.60. The Bertz CT molecular complexity index is 1010. The van der Waals surface area contributed by atoms with Crippen LogP contribution < -0.4 is 0 Å². The number of hydrogen-bond donors (Lipinski definition) is 1. The Hall–Kier alpha value is -2.80. The summed E-state index contributed by atoms with van der Waals surface area (Å²) in [5.41, 5.74) is 0.788. The zero-order valence-electron chi connectivity index (χ0n) is 14.3. The monoisotopic (exact) mass is 411 g/mol. The van der Waals surface area contributed by atoms with E-state index in [0.717, 1.165) is 12.1 Å². The van der Waals surface area contributed by atoms with Gasteiger partial charge in [-0.15, -0.1) is 0 Å². The Morgan fingerprint density at radius 1 is 1.04 bits per heavy atom. The van der Waals surface area contributed by atoms with Crippen LogP contribution in [0.5, 0.6) is 0 Å². The molecule has 0 fully saturated rings. The van der Waals surface area contributed by atoms with Gasteiger partial charge in [0.25, 0.3) is 0 Å². The third-order valence-corrected chi connectivity index (χ3v) is 4.54. The molecule has 8 heteroatoms. The highest BCUT2D eigenvalue weighted by molar-refractivity contribution is 6.31. The molecule has 0 aliphatic rings. The van der Waals surface area contributed by atoms with Gasteiger partial charge in [0.2, 0.25) is 0 Å². The molecule has 3 rings (SSSR count). The number of alkyl halides is 3. The van der Waals surface area contributed by atoms with Crippen molar-refractivity contribution in [1.29, 1.82) is 0 Å². The molecule has 0 aliphatic carbocycles. The summed E-state index contributed by atoms with van der Waals surface area (Å²) in [5, 5.41) is 8.53. The van der Waals surface area contributed by atoms with Gasteiger partial charge in [-0.1, -0.05) is 11.6 Å². The summed E-state index contributed by atoms with van der Waals surface area (Å²) in [6.45, 7) is 0. The molecule has 146 valence electrons. The molecule has 2 aromatic carbocycles. The van der Waals surface area contributed by atoms with E-state index in [4.69, 9.17) is 16.7 Å². The van der Waals surface area contributed by atoms with E-state index in [1.807, 2.05) is 0 Å². The Labute approximate surface area is 162 Å². The van der Waals surface area contributed by atoms with Gasteiger partial charge in [-0.2, -0.15) is 13.2 Å². The maximum absolute atomic E-state index is 13.3. The number of aromatic nitrogens is 1. The molecule has 28 heavy (non-hydrogen) atoms. The Balaban J connectivity index is 2.18. The van der Waals surface area contributed by atoms with Crippen molar-refractivity contribution in [2.24, 2.45) is 0 Å². The first-order chi connectivity index (χ1) is 13.2. The minimum atomic E-state index is -4.64. The molecule has 1 N–H and O–H groups in total. The van der Waals surface area contributed by atoms with Gasteiger partial charge in [-0.05, 0) is 66.6 Å². The van der Waals surface area contributed by atoms with Crippen molar-refractivity contribution in [2.45, 2.75) is 19.0 Å². The molecule has 0 spiro atoms. The molecule has 0 aliphatic heterocycles. The number of rotatable bonds is 5. The molecule has 0 amide bonds. The molecule has 0 saturated carbocycles. The van der Waals surface area contributed by atoms with Crippen LogP contribution in [-0.4, -0.2) is 15.6 Å². The second-order valence-corrected chi connectivity index (χ2v) is 6.52. The van der Waals surface area contributed by atoms with Crippen LogP contribution in [0.15, 0.2) is 54.6 Å².